The van der Waals surface area contributed by atoms with Crippen molar-refractivity contribution in [2.45, 2.75) is 5.92 Å². The van der Waals surface area contributed by atoms with Crippen LogP contribution < -0.4 is 0 Å². The van der Waals surface area contributed by atoms with Crippen molar-refractivity contribution >= 4 is 0 Å². The quantitative estimate of drug-likeness (QED) is 0.498. The maximum absolute atomic E-state index is 12.6. The number of hydrogen-bond acceptors (Lipinski definition) is 0. The molecule has 0 aliphatic carbocycles. The van der Waals surface area contributed by atoms with E-state index in [1.54, 1.807) is 0 Å². The van der Waals surface area contributed by atoms with Crippen molar-refractivity contribution in [2.75, 3.05) is 6.67 Å². The lowest BCUT2D eigenvalue weighted by atomic mass is 10.0. The van der Waals surface area contributed by atoms with Crippen molar-refractivity contribution in [2.24, 2.45) is 0 Å². The van der Waals surface area contributed by atoms with Crippen LogP contribution in [-0.4, -0.2) is 6.67 Å². The number of alkyl halides is 1. The Morgan fingerprint density at radius 3 is 2.00 bits per heavy atom. The van der Waals surface area contributed by atoms with Gasteiger partial charge in [-0.05, 0) is 24.6 Å². The molecule has 1 rings (SSSR count). The van der Waals surface area contributed by atoms with E-state index in [1.807, 2.05) is 0 Å². The summed E-state index contributed by atoms with van der Waals surface area (Å²) in [6.07, 6.45) is 0. The Kier molecular flexibility index (Phi) is 2.90. The van der Waals surface area contributed by atoms with E-state index >= 15 is 0 Å². The standard InChI is InChI=1S/C9H7F4/c1-5(4-10)6-2-7(11)9(13)8(12)3-6/h2-3,5H,1,4H2. The summed E-state index contributed by atoms with van der Waals surface area (Å²) in [6, 6.07) is 1.49. The van der Waals surface area contributed by atoms with Crippen molar-refractivity contribution in [1.82, 2.24) is 0 Å². The number of rotatable bonds is 2. The normalized spacial score (nSPS) is 13.0. The van der Waals surface area contributed by atoms with Gasteiger partial charge in [0, 0.05) is 5.92 Å². The summed E-state index contributed by atoms with van der Waals surface area (Å²) in [5.41, 5.74) is 0.0129. The van der Waals surface area contributed by atoms with Crippen LogP contribution >= 0.6 is 0 Å². The molecule has 0 fully saturated rings. The van der Waals surface area contributed by atoms with E-state index < -0.39 is 30.0 Å². The summed E-state index contributed by atoms with van der Waals surface area (Å²) in [5, 5.41) is 0. The molecule has 0 amide bonds. The van der Waals surface area contributed by atoms with Gasteiger partial charge in [-0.15, -0.1) is 0 Å². The summed E-state index contributed by atoms with van der Waals surface area (Å²) in [5.74, 6) is -5.06. The van der Waals surface area contributed by atoms with E-state index in [0.29, 0.717) is 0 Å². The van der Waals surface area contributed by atoms with Crippen LogP contribution in [0.25, 0.3) is 0 Å². The molecular formula is C9H7F4. The first-order chi connectivity index (χ1) is 6.06. The highest BCUT2D eigenvalue weighted by molar-refractivity contribution is 5.23. The number of halogens is 4. The first-order valence-electron chi connectivity index (χ1n) is 3.59. The lowest BCUT2D eigenvalue weighted by molar-refractivity contribution is 0.435. The van der Waals surface area contributed by atoms with Crippen LogP contribution in [0.2, 0.25) is 0 Å². The van der Waals surface area contributed by atoms with E-state index in [-0.39, 0.29) is 5.56 Å². The Hall–Kier alpha value is -1.06. The zero-order chi connectivity index (χ0) is 10.0. The molecule has 0 saturated heterocycles. The first kappa shape index (κ1) is 10.0. The maximum Gasteiger partial charge on any atom is 0.194 e. The topological polar surface area (TPSA) is 0 Å². The van der Waals surface area contributed by atoms with Gasteiger partial charge in [-0.1, -0.05) is 0 Å². The van der Waals surface area contributed by atoms with Gasteiger partial charge in [-0.25, -0.2) is 13.2 Å². The van der Waals surface area contributed by atoms with E-state index in [4.69, 9.17) is 0 Å². The minimum Gasteiger partial charge on any atom is -0.250 e. The van der Waals surface area contributed by atoms with E-state index in [1.165, 1.54) is 0 Å². The summed E-state index contributed by atoms with van der Waals surface area (Å²) in [4.78, 5) is 0. The fraction of sp³-hybridized carbons (Fsp3) is 0.222. The molecule has 0 bridgehead atoms. The maximum atomic E-state index is 12.6. The van der Waals surface area contributed by atoms with Crippen molar-refractivity contribution in [3.8, 4) is 0 Å². The van der Waals surface area contributed by atoms with Crippen molar-refractivity contribution in [1.29, 1.82) is 0 Å². The predicted molar refractivity (Wildman–Crippen MR) is 40.4 cm³/mol. The molecule has 0 saturated carbocycles. The van der Waals surface area contributed by atoms with E-state index in [2.05, 4.69) is 6.92 Å². The Labute approximate surface area is 73.2 Å². The van der Waals surface area contributed by atoms with Crippen LogP contribution in [0.4, 0.5) is 17.6 Å². The third-order valence-corrected chi connectivity index (χ3v) is 1.66. The summed E-state index contributed by atoms with van der Waals surface area (Å²) < 4.78 is 49.6. The average Bonchev–Trinajstić information content (AvgIpc) is 2.12. The molecule has 1 aromatic carbocycles. The number of hydrogen-bond donors (Lipinski definition) is 0. The molecule has 1 radical (unpaired) electrons. The van der Waals surface area contributed by atoms with Crippen LogP contribution in [-0.2, 0) is 0 Å². The van der Waals surface area contributed by atoms with Gasteiger partial charge in [0.25, 0.3) is 0 Å². The Bertz CT molecular complexity index is 285. The lowest BCUT2D eigenvalue weighted by Gasteiger charge is -2.07. The fourth-order valence-electron chi connectivity index (χ4n) is 0.900. The fourth-order valence-corrected chi connectivity index (χ4v) is 0.900. The minimum atomic E-state index is -1.55. The molecule has 0 nitrogen and oxygen atoms in total. The van der Waals surface area contributed by atoms with Crippen molar-refractivity contribution < 1.29 is 17.6 Å². The lowest BCUT2D eigenvalue weighted by Crippen LogP contribution is -2.00. The largest absolute Gasteiger partial charge is 0.250 e. The SMILES string of the molecule is [CH2]C(CF)c1cc(F)c(F)c(F)c1. The van der Waals surface area contributed by atoms with Crippen LogP contribution in [0.3, 0.4) is 0 Å². The molecule has 71 valence electrons. The van der Waals surface area contributed by atoms with Gasteiger partial charge in [0.2, 0.25) is 0 Å². The molecule has 4 heteroatoms. The Morgan fingerprint density at radius 1 is 1.15 bits per heavy atom. The van der Waals surface area contributed by atoms with Crippen LogP contribution in [0.5, 0.6) is 0 Å². The van der Waals surface area contributed by atoms with Gasteiger partial charge < -0.3 is 0 Å². The molecule has 0 N–H and O–H groups in total. The van der Waals surface area contributed by atoms with Crippen molar-refractivity contribution in [3.05, 3.63) is 42.1 Å². The van der Waals surface area contributed by atoms with E-state index in [0.717, 1.165) is 12.1 Å². The summed E-state index contributed by atoms with van der Waals surface area (Å²) in [7, 11) is 0. The van der Waals surface area contributed by atoms with Gasteiger partial charge in [-0.3, -0.25) is 4.39 Å². The minimum absolute atomic E-state index is 0.0129. The molecular weight excluding hydrogens is 184 g/mol. The highest BCUT2D eigenvalue weighted by Crippen LogP contribution is 2.20. The highest BCUT2D eigenvalue weighted by Gasteiger charge is 2.13. The Balaban J connectivity index is 3.13. The van der Waals surface area contributed by atoms with Gasteiger partial charge in [0.1, 0.15) is 0 Å². The summed E-state index contributed by atoms with van der Waals surface area (Å²) in [6.45, 7) is 2.47. The van der Waals surface area contributed by atoms with E-state index in [9.17, 15) is 17.6 Å². The smallest absolute Gasteiger partial charge is 0.194 e. The monoisotopic (exact) mass is 191 g/mol. The molecule has 0 heterocycles. The average molecular weight is 191 g/mol. The third kappa shape index (κ3) is 1.99. The Morgan fingerprint density at radius 2 is 1.62 bits per heavy atom. The third-order valence-electron chi connectivity index (χ3n) is 1.66. The zero-order valence-electron chi connectivity index (χ0n) is 6.66. The van der Waals surface area contributed by atoms with Crippen LogP contribution in [0, 0.1) is 24.4 Å². The number of benzene rings is 1. The second-order valence-corrected chi connectivity index (χ2v) is 2.65. The van der Waals surface area contributed by atoms with Crippen molar-refractivity contribution in [3.63, 3.8) is 0 Å². The molecule has 0 aliphatic heterocycles. The van der Waals surface area contributed by atoms with Gasteiger partial charge >= 0.3 is 0 Å². The molecule has 0 aliphatic rings. The summed E-state index contributed by atoms with van der Waals surface area (Å²) >= 11 is 0. The molecule has 1 atom stereocenters. The van der Waals surface area contributed by atoms with Gasteiger partial charge in [0.15, 0.2) is 17.5 Å². The van der Waals surface area contributed by atoms with Crippen LogP contribution in [0.15, 0.2) is 12.1 Å². The molecule has 1 unspecified atom stereocenters. The highest BCUT2D eigenvalue weighted by atomic mass is 19.2. The second kappa shape index (κ2) is 3.77. The predicted octanol–water partition coefficient (Wildman–Crippen LogP) is 2.99. The molecule has 0 aromatic heterocycles. The second-order valence-electron chi connectivity index (χ2n) is 2.65. The molecule has 13 heavy (non-hydrogen) atoms. The van der Waals surface area contributed by atoms with Gasteiger partial charge in [-0.2, -0.15) is 0 Å². The van der Waals surface area contributed by atoms with Gasteiger partial charge in [0.05, 0.1) is 6.67 Å². The molecule has 1 aromatic rings. The molecule has 0 spiro atoms. The van der Waals surface area contributed by atoms with Crippen LogP contribution in [0.1, 0.15) is 11.5 Å². The first-order valence-corrected chi connectivity index (χ1v) is 3.59. The zero-order valence-corrected chi connectivity index (χ0v) is 6.66.